The van der Waals surface area contributed by atoms with Gasteiger partial charge in [-0.15, -0.1) is 0 Å². The van der Waals surface area contributed by atoms with E-state index in [1.54, 1.807) is 12.1 Å². The Morgan fingerprint density at radius 3 is 2.76 bits per heavy atom. The summed E-state index contributed by atoms with van der Waals surface area (Å²) < 4.78 is 22.9. The average molecular weight is 312 g/mol. The second-order valence-corrected chi connectivity index (χ2v) is 6.84. The molecule has 0 fully saturated rings. The van der Waals surface area contributed by atoms with E-state index in [1.165, 1.54) is 0 Å². The summed E-state index contributed by atoms with van der Waals surface area (Å²) in [4.78, 5) is 12.8. The van der Waals surface area contributed by atoms with Crippen LogP contribution in [0.4, 0.5) is 5.69 Å². The normalized spacial score (nSPS) is 14.8. The fraction of sp³-hybridized carbons (Fsp3) is 0.500. The second-order valence-electron chi connectivity index (χ2n) is 5.28. The minimum atomic E-state index is -3.70. The molecule has 6 nitrogen and oxygen atoms in total. The third-order valence-corrected chi connectivity index (χ3v) is 4.58. The van der Waals surface area contributed by atoms with E-state index in [-0.39, 0.29) is 11.3 Å². The standard InChI is InChI=1S/C14H20N2O4S/c15-21(19,20)12-7-6-11-4-3-9-16(13(11)10-12)8-2-1-5-14(17)18/h6-7,10H,1-5,8-9H2,(H,17,18)(H2,15,19,20). The topological polar surface area (TPSA) is 101 Å². The molecule has 1 aromatic carbocycles. The van der Waals surface area contributed by atoms with Crippen LogP contribution >= 0.6 is 0 Å². The van der Waals surface area contributed by atoms with Crippen LogP contribution in [0.25, 0.3) is 0 Å². The number of aryl methyl sites for hydroxylation is 1. The van der Waals surface area contributed by atoms with Gasteiger partial charge in [-0.2, -0.15) is 0 Å². The van der Waals surface area contributed by atoms with E-state index in [1.807, 2.05) is 6.07 Å². The summed E-state index contributed by atoms with van der Waals surface area (Å²) in [5.74, 6) is -0.787. The minimum absolute atomic E-state index is 0.124. The first-order valence-electron chi connectivity index (χ1n) is 7.00. The van der Waals surface area contributed by atoms with Crippen molar-refractivity contribution in [3.63, 3.8) is 0 Å². The largest absolute Gasteiger partial charge is 0.481 e. The molecule has 3 N–H and O–H groups in total. The molecule has 1 heterocycles. The first-order valence-corrected chi connectivity index (χ1v) is 8.55. The Hall–Kier alpha value is -1.60. The van der Waals surface area contributed by atoms with Crippen LogP contribution in [0.1, 0.15) is 31.2 Å². The van der Waals surface area contributed by atoms with Gasteiger partial charge in [0, 0.05) is 25.2 Å². The number of hydrogen-bond donors (Lipinski definition) is 2. The number of unbranched alkanes of at least 4 members (excludes halogenated alkanes) is 1. The predicted molar refractivity (Wildman–Crippen MR) is 79.8 cm³/mol. The fourth-order valence-electron chi connectivity index (χ4n) is 2.62. The van der Waals surface area contributed by atoms with E-state index >= 15 is 0 Å². The van der Waals surface area contributed by atoms with E-state index in [4.69, 9.17) is 10.2 Å². The first kappa shape index (κ1) is 15.8. The van der Waals surface area contributed by atoms with E-state index in [0.717, 1.165) is 43.6 Å². The number of anilines is 1. The number of nitrogens with zero attached hydrogens (tertiary/aromatic N) is 1. The summed E-state index contributed by atoms with van der Waals surface area (Å²) in [5.41, 5.74) is 2.02. The Morgan fingerprint density at radius 1 is 1.33 bits per heavy atom. The number of rotatable bonds is 6. The third-order valence-electron chi connectivity index (χ3n) is 3.67. The van der Waals surface area contributed by atoms with Gasteiger partial charge in [0.25, 0.3) is 0 Å². The molecule has 0 spiro atoms. The van der Waals surface area contributed by atoms with Crippen LogP contribution in [0.3, 0.4) is 0 Å². The zero-order valence-electron chi connectivity index (χ0n) is 11.8. The third kappa shape index (κ3) is 4.18. The SMILES string of the molecule is NS(=O)(=O)c1ccc2c(c1)N(CCCCC(=O)O)CCC2. The van der Waals surface area contributed by atoms with Gasteiger partial charge >= 0.3 is 5.97 Å². The molecular weight excluding hydrogens is 292 g/mol. The van der Waals surface area contributed by atoms with Gasteiger partial charge in [-0.05, 0) is 43.4 Å². The zero-order chi connectivity index (χ0) is 15.5. The number of primary sulfonamides is 1. The summed E-state index contributed by atoms with van der Waals surface area (Å²) in [6, 6.07) is 4.99. The molecule has 0 bridgehead atoms. The Balaban J connectivity index is 2.11. The lowest BCUT2D eigenvalue weighted by Gasteiger charge is -2.31. The van der Waals surface area contributed by atoms with Crippen molar-refractivity contribution >= 4 is 21.7 Å². The molecule has 0 unspecified atom stereocenters. The number of carbonyl (C=O) groups is 1. The van der Waals surface area contributed by atoms with Gasteiger partial charge in [0.2, 0.25) is 10.0 Å². The van der Waals surface area contributed by atoms with Gasteiger partial charge in [0.05, 0.1) is 4.90 Å². The number of carboxylic acid groups (broad SMARTS) is 1. The molecule has 1 aliphatic heterocycles. The highest BCUT2D eigenvalue weighted by Gasteiger charge is 2.19. The molecule has 2 rings (SSSR count). The first-order chi connectivity index (χ1) is 9.88. The molecule has 21 heavy (non-hydrogen) atoms. The lowest BCUT2D eigenvalue weighted by atomic mass is 10.0. The maximum absolute atomic E-state index is 11.5. The Labute approximate surface area is 124 Å². The van der Waals surface area contributed by atoms with Crippen molar-refractivity contribution in [3.05, 3.63) is 23.8 Å². The molecule has 116 valence electrons. The fourth-order valence-corrected chi connectivity index (χ4v) is 3.15. The molecule has 0 saturated heterocycles. The van der Waals surface area contributed by atoms with E-state index in [9.17, 15) is 13.2 Å². The Morgan fingerprint density at radius 2 is 2.10 bits per heavy atom. The Kier molecular flexibility index (Phi) is 4.84. The highest BCUT2D eigenvalue weighted by Crippen LogP contribution is 2.29. The van der Waals surface area contributed by atoms with Gasteiger partial charge in [0.15, 0.2) is 0 Å². The van der Waals surface area contributed by atoms with Crippen molar-refractivity contribution in [2.45, 2.75) is 37.0 Å². The zero-order valence-corrected chi connectivity index (χ0v) is 12.6. The molecule has 0 atom stereocenters. The number of fused-ring (bicyclic) bond motifs is 1. The lowest BCUT2D eigenvalue weighted by Crippen LogP contribution is -2.30. The number of benzene rings is 1. The quantitative estimate of drug-likeness (QED) is 0.772. The van der Waals surface area contributed by atoms with Crippen LogP contribution < -0.4 is 10.0 Å². The van der Waals surface area contributed by atoms with Crippen LogP contribution in [0, 0.1) is 0 Å². The van der Waals surface area contributed by atoms with Crippen molar-refractivity contribution in [3.8, 4) is 0 Å². The van der Waals surface area contributed by atoms with Gasteiger partial charge in [-0.3, -0.25) is 4.79 Å². The van der Waals surface area contributed by atoms with E-state index in [0.29, 0.717) is 6.42 Å². The van der Waals surface area contributed by atoms with Crippen LogP contribution in [0.2, 0.25) is 0 Å². The van der Waals surface area contributed by atoms with Gasteiger partial charge in [0.1, 0.15) is 0 Å². The number of nitrogens with two attached hydrogens (primary N) is 1. The summed E-state index contributed by atoms with van der Waals surface area (Å²) in [7, 11) is -3.70. The predicted octanol–water partition coefficient (Wildman–Crippen LogP) is 1.34. The van der Waals surface area contributed by atoms with Crippen molar-refractivity contribution in [2.75, 3.05) is 18.0 Å². The van der Waals surface area contributed by atoms with Gasteiger partial charge < -0.3 is 10.0 Å². The van der Waals surface area contributed by atoms with Crippen molar-refractivity contribution in [1.82, 2.24) is 0 Å². The molecule has 0 aromatic heterocycles. The minimum Gasteiger partial charge on any atom is -0.481 e. The summed E-state index contributed by atoms with van der Waals surface area (Å²) in [6.07, 6.45) is 3.49. The maximum Gasteiger partial charge on any atom is 0.303 e. The average Bonchev–Trinajstić information content (AvgIpc) is 2.42. The second kappa shape index (κ2) is 6.44. The van der Waals surface area contributed by atoms with Gasteiger partial charge in [-0.1, -0.05) is 6.07 Å². The lowest BCUT2D eigenvalue weighted by molar-refractivity contribution is -0.137. The highest BCUT2D eigenvalue weighted by molar-refractivity contribution is 7.89. The van der Waals surface area contributed by atoms with Crippen LogP contribution in [-0.2, 0) is 21.2 Å². The summed E-state index contributed by atoms with van der Waals surface area (Å²) >= 11 is 0. The van der Waals surface area contributed by atoms with Crippen LogP contribution in [-0.4, -0.2) is 32.6 Å². The molecule has 0 radical (unpaired) electrons. The molecule has 0 aliphatic carbocycles. The van der Waals surface area contributed by atoms with Crippen molar-refractivity contribution < 1.29 is 18.3 Å². The number of carboxylic acids is 1. The molecule has 0 saturated carbocycles. The monoisotopic (exact) mass is 312 g/mol. The van der Waals surface area contributed by atoms with Crippen molar-refractivity contribution in [1.29, 1.82) is 0 Å². The molecule has 1 aliphatic rings. The van der Waals surface area contributed by atoms with E-state index < -0.39 is 16.0 Å². The Bertz CT molecular complexity index is 628. The molecule has 7 heteroatoms. The van der Waals surface area contributed by atoms with Crippen LogP contribution in [0.5, 0.6) is 0 Å². The van der Waals surface area contributed by atoms with E-state index in [2.05, 4.69) is 4.90 Å². The maximum atomic E-state index is 11.5. The number of aliphatic carboxylic acids is 1. The van der Waals surface area contributed by atoms with Gasteiger partial charge in [-0.25, -0.2) is 13.6 Å². The molecule has 0 amide bonds. The smallest absolute Gasteiger partial charge is 0.303 e. The highest BCUT2D eigenvalue weighted by atomic mass is 32.2. The number of hydrogen-bond acceptors (Lipinski definition) is 4. The summed E-state index contributed by atoms with van der Waals surface area (Å²) in [5, 5.41) is 13.8. The van der Waals surface area contributed by atoms with Crippen molar-refractivity contribution in [2.24, 2.45) is 5.14 Å². The molecular formula is C14H20N2O4S. The number of sulfonamides is 1. The summed E-state index contributed by atoms with van der Waals surface area (Å²) in [6.45, 7) is 1.59. The molecule has 1 aromatic rings. The van der Waals surface area contributed by atoms with Crippen LogP contribution in [0.15, 0.2) is 23.1 Å².